The molecular formula is C12H15F3N2O2S. The lowest BCUT2D eigenvalue weighted by Crippen LogP contribution is -2.29. The second-order valence-electron chi connectivity index (χ2n) is 3.84. The van der Waals surface area contributed by atoms with Crippen LogP contribution in [-0.4, -0.2) is 40.7 Å². The standard InChI is InChI=1S/C12H15F3N2O2S/c13-12(14,15)9-3-1-4-16-10(9)11(19)17-5-8-20-7-2-6-18/h1,3-4,18H,2,5-8H2,(H,17,19). The summed E-state index contributed by atoms with van der Waals surface area (Å²) in [5, 5.41) is 11.0. The summed E-state index contributed by atoms with van der Waals surface area (Å²) in [7, 11) is 0. The van der Waals surface area contributed by atoms with Crippen LogP contribution in [0.4, 0.5) is 13.2 Å². The molecular weight excluding hydrogens is 293 g/mol. The maximum Gasteiger partial charge on any atom is 0.418 e. The number of nitrogens with one attached hydrogen (secondary N) is 1. The van der Waals surface area contributed by atoms with Gasteiger partial charge in [0.15, 0.2) is 0 Å². The summed E-state index contributed by atoms with van der Waals surface area (Å²) in [6, 6.07) is 1.97. The van der Waals surface area contributed by atoms with Crippen molar-refractivity contribution in [3.05, 3.63) is 29.6 Å². The van der Waals surface area contributed by atoms with E-state index in [2.05, 4.69) is 10.3 Å². The number of pyridine rings is 1. The van der Waals surface area contributed by atoms with Gasteiger partial charge in [0.05, 0.1) is 5.56 Å². The Hall–Kier alpha value is -1.28. The molecule has 1 rings (SSSR count). The van der Waals surface area contributed by atoms with Gasteiger partial charge >= 0.3 is 6.18 Å². The maximum absolute atomic E-state index is 12.7. The Labute approximate surface area is 118 Å². The minimum atomic E-state index is -4.60. The lowest BCUT2D eigenvalue weighted by Gasteiger charge is -2.11. The molecule has 0 radical (unpaired) electrons. The normalized spacial score (nSPS) is 11.4. The summed E-state index contributed by atoms with van der Waals surface area (Å²) in [6.07, 6.45) is -2.80. The monoisotopic (exact) mass is 308 g/mol. The van der Waals surface area contributed by atoms with Crippen LogP contribution < -0.4 is 5.32 Å². The largest absolute Gasteiger partial charge is 0.418 e. The summed E-state index contributed by atoms with van der Waals surface area (Å²) < 4.78 is 38.1. The van der Waals surface area contributed by atoms with Crippen LogP contribution in [0.15, 0.2) is 18.3 Å². The molecule has 20 heavy (non-hydrogen) atoms. The van der Waals surface area contributed by atoms with E-state index in [-0.39, 0.29) is 13.2 Å². The molecule has 0 bridgehead atoms. The topological polar surface area (TPSA) is 62.2 Å². The molecule has 1 heterocycles. The highest BCUT2D eigenvalue weighted by molar-refractivity contribution is 7.99. The third-order valence-corrected chi connectivity index (χ3v) is 3.38. The van der Waals surface area contributed by atoms with Gasteiger partial charge in [-0.15, -0.1) is 0 Å². The summed E-state index contributed by atoms with van der Waals surface area (Å²) in [5.41, 5.74) is -1.65. The highest BCUT2D eigenvalue weighted by Crippen LogP contribution is 2.30. The number of amides is 1. The van der Waals surface area contributed by atoms with Crippen molar-refractivity contribution >= 4 is 17.7 Å². The number of aliphatic hydroxyl groups excluding tert-OH is 1. The van der Waals surface area contributed by atoms with E-state index >= 15 is 0 Å². The van der Waals surface area contributed by atoms with Crippen LogP contribution in [-0.2, 0) is 6.18 Å². The number of nitrogens with zero attached hydrogens (tertiary/aromatic N) is 1. The smallest absolute Gasteiger partial charge is 0.396 e. The molecule has 0 saturated carbocycles. The molecule has 2 N–H and O–H groups in total. The molecule has 0 fully saturated rings. The Balaban J connectivity index is 2.52. The van der Waals surface area contributed by atoms with E-state index in [0.29, 0.717) is 12.2 Å². The number of thioether (sulfide) groups is 1. The number of alkyl halides is 3. The fourth-order valence-electron chi connectivity index (χ4n) is 1.40. The average molecular weight is 308 g/mol. The average Bonchev–Trinajstić information content (AvgIpc) is 2.41. The van der Waals surface area contributed by atoms with Gasteiger partial charge < -0.3 is 10.4 Å². The van der Waals surface area contributed by atoms with Gasteiger partial charge in [-0.3, -0.25) is 9.78 Å². The lowest BCUT2D eigenvalue weighted by molar-refractivity contribution is -0.138. The van der Waals surface area contributed by atoms with Crippen LogP contribution in [0.1, 0.15) is 22.5 Å². The molecule has 0 saturated heterocycles. The number of hydrogen-bond donors (Lipinski definition) is 2. The first-order valence-electron chi connectivity index (χ1n) is 5.96. The van der Waals surface area contributed by atoms with E-state index in [1.54, 1.807) is 0 Å². The van der Waals surface area contributed by atoms with Crippen LogP contribution in [0.5, 0.6) is 0 Å². The molecule has 0 atom stereocenters. The van der Waals surface area contributed by atoms with Crippen molar-refractivity contribution in [2.45, 2.75) is 12.6 Å². The number of aromatic nitrogens is 1. The van der Waals surface area contributed by atoms with Crippen molar-refractivity contribution in [1.29, 1.82) is 0 Å². The Morgan fingerprint density at radius 3 is 2.80 bits per heavy atom. The first-order valence-corrected chi connectivity index (χ1v) is 7.11. The van der Waals surface area contributed by atoms with E-state index in [1.807, 2.05) is 0 Å². The van der Waals surface area contributed by atoms with Crippen molar-refractivity contribution in [2.24, 2.45) is 0 Å². The van der Waals surface area contributed by atoms with Gasteiger partial charge in [0.25, 0.3) is 5.91 Å². The summed E-state index contributed by atoms with van der Waals surface area (Å²) in [4.78, 5) is 15.2. The third-order valence-electron chi connectivity index (χ3n) is 2.31. The highest BCUT2D eigenvalue weighted by atomic mass is 32.2. The molecule has 1 amide bonds. The predicted molar refractivity (Wildman–Crippen MR) is 70.6 cm³/mol. The fraction of sp³-hybridized carbons (Fsp3) is 0.500. The number of carbonyl (C=O) groups excluding carboxylic acids is 1. The number of rotatable bonds is 7. The lowest BCUT2D eigenvalue weighted by atomic mass is 10.2. The predicted octanol–water partition coefficient (Wildman–Crippen LogP) is 1.95. The molecule has 0 unspecified atom stereocenters. The first-order chi connectivity index (χ1) is 9.46. The Bertz CT molecular complexity index is 441. The molecule has 0 aliphatic heterocycles. The van der Waals surface area contributed by atoms with Gasteiger partial charge in [-0.2, -0.15) is 24.9 Å². The molecule has 8 heteroatoms. The van der Waals surface area contributed by atoms with Crippen LogP contribution >= 0.6 is 11.8 Å². The van der Waals surface area contributed by atoms with E-state index < -0.39 is 23.3 Å². The van der Waals surface area contributed by atoms with Crippen molar-refractivity contribution < 1.29 is 23.1 Å². The summed E-state index contributed by atoms with van der Waals surface area (Å²) in [5.74, 6) is 0.477. The minimum absolute atomic E-state index is 0.0994. The van der Waals surface area contributed by atoms with Crippen molar-refractivity contribution in [3.63, 3.8) is 0 Å². The zero-order chi connectivity index (χ0) is 15.0. The van der Waals surface area contributed by atoms with Crippen LogP contribution in [0.25, 0.3) is 0 Å². The van der Waals surface area contributed by atoms with Crippen LogP contribution in [0.3, 0.4) is 0 Å². The van der Waals surface area contributed by atoms with Crippen molar-refractivity contribution in [1.82, 2.24) is 10.3 Å². The Morgan fingerprint density at radius 1 is 1.40 bits per heavy atom. The Morgan fingerprint density at radius 2 is 2.15 bits per heavy atom. The fourth-order valence-corrected chi connectivity index (χ4v) is 2.19. The van der Waals surface area contributed by atoms with Gasteiger partial charge in [0.1, 0.15) is 5.69 Å². The van der Waals surface area contributed by atoms with E-state index in [9.17, 15) is 18.0 Å². The molecule has 4 nitrogen and oxygen atoms in total. The quantitative estimate of drug-likeness (QED) is 0.756. The SMILES string of the molecule is O=C(NCCSCCCO)c1ncccc1C(F)(F)F. The highest BCUT2D eigenvalue weighted by Gasteiger charge is 2.35. The van der Waals surface area contributed by atoms with E-state index in [1.165, 1.54) is 11.8 Å². The minimum Gasteiger partial charge on any atom is -0.396 e. The van der Waals surface area contributed by atoms with E-state index in [0.717, 1.165) is 24.1 Å². The van der Waals surface area contributed by atoms with Gasteiger partial charge in [-0.05, 0) is 24.3 Å². The van der Waals surface area contributed by atoms with Crippen LogP contribution in [0, 0.1) is 0 Å². The molecule has 1 aromatic rings. The maximum atomic E-state index is 12.7. The zero-order valence-corrected chi connectivity index (χ0v) is 11.4. The first kappa shape index (κ1) is 16.8. The molecule has 0 aromatic carbocycles. The molecule has 0 aliphatic rings. The summed E-state index contributed by atoms with van der Waals surface area (Å²) >= 11 is 1.51. The second-order valence-corrected chi connectivity index (χ2v) is 5.07. The van der Waals surface area contributed by atoms with Gasteiger partial charge in [-0.25, -0.2) is 0 Å². The van der Waals surface area contributed by atoms with Crippen LogP contribution in [0.2, 0.25) is 0 Å². The summed E-state index contributed by atoms with van der Waals surface area (Å²) in [6.45, 7) is 0.352. The van der Waals surface area contributed by atoms with Gasteiger partial charge in [0, 0.05) is 25.1 Å². The van der Waals surface area contributed by atoms with Crippen molar-refractivity contribution in [2.75, 3.05) is 24.7 Å². The number of halogens is 3. The molecule has 1 aromatic heterocycles. The number of carbonyl (C=O) groups is 1. The molecule has 0 spiro atoms. The van der Waals surface area contributed by atoms with E-state index in [4.69, 9.17) is 5.11 Å². The number of hydrogen-bond acceptors (Lipinski definition) is 4. The zero-order valence-electron chi connectivity index (χ0n) is 10.6. The number of aliphatic hydroxyl groups is 1. The van der Waals surface area contributed by atoms with Crippen molar-refractivity contribution in [3.8, 4) is 0 Å². The van der Waals surface area contributed by atoms with Gasteiger partial charge in [-0.1, -0.05) is 0 Å². The molecule has 0 aliphatic carbocycles. The molecule has 112 valence electrons. The Kier molecular flexibility index (Phi) is 6.80. The van der Waals surface area contributed by atoms with Gasteiger partial charge in [0.2, 0.25) is 0 Å². The third kappa shape index (κ3) is 5.38. The second kappa shape index (κ2) is 8.11.